The highest BCUT2D eigenvalue weighted by atomic mass is 127. The zero-order valence-electron chi connectivity index (χ0n) is 11.1. The van der Waals surface area contributed by atoms with Crippen LogP contribution in [0.25, 0.3) is 11.4 Å². The SMILES string of the molecule is CC(C)Cc1nc(-c2cc(Cl)cc(Cl)c2)nc(N)c1I. The van der Waals surface area contributed by atoms with E-state index in [2.05, 4.69) is 46.4 Å². The molecule has 0 aliphatic rings. The van der Waals surface area contributed by atoms with Crippen molar-refractivity contribution in [2.45, 2.75) is 20.3 Å². The van der Waals surface area contributed by atoms with Gasteiger partial charge >= 0.3 is 0 Å². The Morgan fingerprint density at radius 3 is 2.30 bits per heavy atom. The van der Waals surface area contributed by atoms with E-state index in [1.165, 1.54) is 0 Å². The second kappa shape index (κ2) is 6.45. The minimum absolute atomic E-state index is 0.488. The predicted octanol–water partition coefficient (Wildman–Crippen LogP) is 4.84. The number of aromatic nitrogens is 2. The molecule has 0 radical (unpaired) electrons. The van der Waals surface area contributed by atoms with Crippen molar-refractivity contribution in [3.05, 3.63) is 37.5 Å². The van der Waals surface area contributed by atoms with Crippen LogP contribution in [0.4, 0.5) is 5.82 Å². The van der Waals surface area contributed by atoms with Gasteiger partial charge in [-0.15, -0.1) is 0 Å². The molecule has 0 unspecified atom stereocenters. The lowest BCUT2D eigenvalue weighted by Crippen LogP contribution is -2.07. The number of nitrogens with zero attached hydrogens (tertiary/aromatic N) is 2. The van der Waals surface area contributed by atoms with Gasteiger partial charge in [0.05, 0.1) is 9.26 Å². The lowest BCUT2D eigenvalue weighted by molar-refractivity contribution is 0.632. The third-order valence-corrected chi connectivity index (χ3v) is 4.28. The van der Waals surface area contributed by atoms with Crippen molar-refractivity contribution >= 4 is 51.6 Å². The molecule has 0 aliphatic carbocycles. The van der Waals surface area contributed by atoms with Crippen molar-refractivity contribution < 1.29 is 0 Å². The molecule has 0 bridgehead atoms. The number of nitrogen functional groups attached to an aromatic ring is 1. The van der Waals surface area contributed by atoms with E-state index < -0.39 is 0 Å². The van der Waals surface area contributed by atoms with Gasteiger partial charge in [-0.25, -0.2) is 9.97 Å². The number of hydrogen-bond acceptors (Lipinski definition) is 3. The Kier molecular flexibility index (Phi) is 5.09. The van der Waals surface area contributed by atoms with Gasteiger partial charge in [0.25, 0.3) is 0 Å². The zero-order valence-corrected chi connectivity index (χ0v) is 14.8. The Morgan fingerprint density at radius 2 is 1.75 bits per heavy atom. The molecule has 0 atom stereocenters. The Labute approximate surface area is 142 Å². The number of anilines is 1. The topological polar surface area (TPSA) is 51.8 Å². The molecular weight excluding hydrogens is 408 g/mol. The first kappa shape index (κ1) is 15.8. The highest BCUT2D eigenvalue weighted by molar-refractivity contribution is 14.1. The van der Waals surface area contributed by atoms with Crippen molar-refractivity contribution in [3.8, 4) is 11.4 Å². The minimum atomic E-state index is 0.488. The van der Waals surface area contributed by atoms with Crippen LogP contribution < -0.4 is 5.73 Å². The quantitative estimate of drug-likeness (QED) is 0.721. The van der Waals surface area contributed by atoms with E-state index in [1.807, 2.05) is 0 Å². The third-order valence-electron chi connectivity index (χ3n) is 2.67. The Balaban J connectivity index is 2.54. The average Bonchev–Trinajstić information content (AvgIpc) is 2.32. The van der Waals surface area contributed by atoms with Crippen molar-refractivity contribution in [2.24, 2.45) is 5.92 Å². The molecule has 2 aromatic rings. The fourth-order valence-electron chi connectivity index (χ4n) is 1.85. The maximum Gasteiger partial charge on any atom is 0.161 e. The molecule has 1 aromatic carbocycles. The molecule has 6 heteroatoms. The summed E-state index contributed by atoms with van der Waals surface area (Å²) < 4.78 is 0.910. The molecule has 0 spiro atoms. The summed E-state index contributed by atoms with van der Waals surface area (Å²) >= 11 is 14.2. The van der Waals surface area contributed by atoms with E-state index in [4.69, 9.17) is 28.9 Å². The lowest BCUT2D eigenvalue weighted by Gasteiger charge is -2.11. The van der Waals surface area contributed by atoms with E-state index in [1.54, 1.807) is 18.2 Å². The van der Waals surface area contributed by atoms with Crippen LogP contribution in [0.15, 0.2) is 18.2 Å². The van der Waals surface area contributed by atoms with Crippen LogP contribution in [0.2, 0.25) is 10.0 Å². The minimum Gasteiger partial charge on any atom is -0.383 e. The van der Waals surface area contributed by atoms with Gasteiger partial charge in [0.15, 0.2) is 5.82 Å². The molecule has 106 valence electrons. The molecule has 0 amide bonds. The van der Waals surface area contributed by atoms with Gasteiger partial charge in [0.1, 0.15) is 5.82 Å². The van der Waals surface area contributed by atoms with Crippen molar-refractivity contribution in [1.82, 2.24) is 9.97 Å². The Bertz CT molecular complexity index is 624. The second-order valence-corrected chi connectivity index (χ2v) is 6.90. The number of halogens is 3. The number of hydrogen-bond donors (Lipinski definition) is 1. The first-order chi connectivity index (χ1) is 9.36. The molecule has 2 N–H and O–H groups in total. The fraction of sp³-hybridized carbons (Fsp3) is 0.286. The summed E-state index contributed by atoms with van der Waals surface area (Å²) in [5, 5.41) is 1.11. The summed E-state index contributed by atoms with van der Waals surface area (Å²) in [6.07, 6.45) is 0.853. The maximum absolute atomic E-state index is 6.02. The number of rotatable bonds is 3. The molecule has 0 saturated heterocycles. The van der Waals surface area contributed by atoms with E-state index in [0.717, 1.165) is 21.2 Å². The molecular formula is C14H14Cl2IN3. The molecule has 3 nitrogen and oxygen atoms in total. The molecule has 20 heavy (non-hydrogen) atoms. The van der Waals surface area contributed by atoms with E-state index >= 15 is 0 Å². The Hall–Kier alpha value is -0.590. The number of nitrogens with two attached hydrogens (primary N) is 1. The van der Waals surface area contributed by atoms with E-state index in [-0.39, 0.29) is 0 Å². The predicted molar refractivity (Wildman–Crippen MR) is 93.2 cm³/mol. The Morgan fingerprint density at radius 1 is 1.15 bits per heavy atom. The van der Waals surface area contributed by atoms with Crippen molar-refractivity contribution in [3.63, 3.8) is 0 Å². The van der Waals surface area contributed by atoms with Crippen LogP contribution in [-0.4, -0.2) is 9.97 Å². The maximum atomic E-state index is 6.02. The van der Waals surface area contributed by atoms with Crippen LogP contribution in [-0.2, 0) is 6.42 Å². The van der Waals surface area contributed by atoms with Gasteiger partial charge in [0, 0.05) is 15.6 Å². The molecule has 1 heterocycles. The monoisotopic (exact) mass is 421 g/mol. The highest BCUT2D eigenvalue weighted by Crippen LogP contribution is 2.28. The molecule has 0 saturated carbocycles. The zero-order chi connectivity index (χ0) is 14.9. The van der Waals surface area contributed by atoms with Gasteiger partial charge in [-0.2, -0.15) is 0 Å². The number of benzene rings is 1. The van der Waals surface area contributed by atoms with Crippen LogP contribution in [0.1, 0.15) is 19.5 Å². The van der Waals surface area contributed by atoms with Crippen molar-refractivity contribution in [2.75, 3.05) is 5.73 Å². The van der Waals surface area contributed by atoms with Crippen molar-refractivity contribution in [1.29, 1.82) is 0 Å². The van der Waals surface area contributed by atoms with Crippen LogP contribution in [0.5, 0.6) is 0 Å². The van der Waals surface area contributed by atoms with Gasteiger partial charge < -0.3 is 5.73 Å². The molecule has 2 rings (SSSR count). The average molecular weight is 422 g/mol. The van der Waals surface area contributed by atoms with Gasteiger partial charge in [-0.1, -0.05) is 37.0 Å². The van der Waals surface area contributed by atoms with Gasteiger partial charge in [-0.05, 0) is 53.1 Å². The second-order valence-electron chi connectivity index (χ2n) is 4.95. The largest absolute Gasteiger partial charge is 0.383 e. The smallest absolute Gasteiger partial charge is 0.161 e. The van der Waals surface area contributed by atoms with Crippen LogP contribution in [0, 0.1) is 9.49 Å². The summed E-state index contributed by atoms with van der Waals surface area (Å²) in [5.41, 5.74) is 7.72. The van der Waals surface area contributed by atoms with E-state index in [0.29, 0.717) is 27.6 Å². The highest BCUT2D eigenvalue weighted by Gasteiger charge is 2.13. The first-order valence-electron chi connectivity index (χ1n) is 6.15. The standard InChI is InChI=1S/C14H14Cl2IN3/c1-7(2)3-11-12(17)13(18)20-14(19-11)8-4-9(15)6-10(16)5-8/h4-7H,3H2,1-2H3,(H2,18,19,20). The summed E-state index contributed by atoms with van der Waals surface area (Å²) in [7, 11) is 0. The molecule has 0 fully saturated rings. The van der Waals surface area contributed by atoms with Gasteiger partial charge in [-0.3, -0.25) is 0 Å². The van der Waals surface area contributed by atoms with E-state index in [9.17, 15) is 0 Å². The normalized spacial score (nSPS) is 11.1. The van der Waals surface area contributed by atoms with Gasteiger partial charge in [0.2, 0.25) is 0 Å². The third kappa shape index (κ3) is 3.74. The fourth-order valence-corrected chi connectivity index (χ4v) is 2.83. The summed E-state index contributed by atoms with van der Waals surface area (Å²) in [6.45, 7) is 4.29. The summed E-state index contributed by atoms with van der Waals surface area (Å²) in [5.74, 6) is 1.54. The molecule has 1 aromatic heterocycles. The molecule has 0 aliphatic heterocycles. The van der Waals surface area contributed by atoms with Crippen LogP contribution in [0.3, 0.4) is 0 Å². The van der Waals surface area contributed by atoms with Crippen LogP contribution >= 0.6 is 45.8 Å². The summed E-state index contributed by atoms with van der Waals surface area (Å²) in [6, 6.07) is 5.25. The first-order valence-corrected chi connectivity index (χ1v) is 7.98. The summed E-state index contributed by atoms with van der Waals surface area (Å²) in [4.78, 5) is 8.94. The lowest BCUT2D eigenvalue weighted by atomic mass is 10.1.